The van der Waals surface area contributed by atoms with Gasteiger partial charge in [-0.2, -0.15) is 35.9 Å². The van der Waals surface area contributed by atoms with Gasteiger partial charge in [-0.3, -0.25) is 0 Å². The van der Waals surface area contributed by atoms with Crippen LogP contribution >= 0.6 is 94.4 Å². The molecule has 0 fully saturated rings. The largest absolute Gasteiger partial charge is 0.214 e. The number of benzene rings is 4. The second-order valence-electron chi connectivity index (χ2n) is 14.7. The van der Waals surface area contributed by atoms with Crippen LogP contribution in [-0.2, 0) is 49.1 Å². The third-order valence-corrected chi connectivity index (χ3v) is 11.4. The van der Waals surface area contributed by atoms with Gasteiger partial charge in [0.2, 0.25) is 0 Å². The van der Waals surface area contributed by atoms with Crippen LogP contribution in [0.15, 0.2) is 97.1 Å². The molecule has 0 atom stereocenters. The molecule has 5 aromatic rings. The molecule has 0 saturated carbocycles. The molecule has 0 saturated heterocycles. The molecular formula is C43H44Cl8Zr. The predicted octanol–water partition coefficient (Wildman–Crippen LogP) is 15.0. The number of rotatable bonds is 2. The first-order chi connectivity index (χ1) is 23.1. The van der Waals surface area contributed by atoms with Gasteiger partial charge < -0.3 is 0 Å². The number of aryl methyl sites for hydroxylation is 2. The minimum Gasteiger partial charge on any atom is -0.214 e. The summed E-state index contributed by atoms with van der Waals surface area (Å²) in [4.78, 5) is 0. The summed E-state index contributed by atoms with van der Waals surface area (Å²) in [5.41, 5.74) is 15.0. The molecule has 1 aliphatic carbocycles. The maximum absolute atomic E-state index is 5.86. The van der Waals surface area contributed by atoms with Crippen molar-refractivity contribution in [2.75, 3.05) is 0 Å². The van der Waals surface area contributed by atoms with Crippen molar-refractivity contribution in [2.45, 2.75) is 80.2 Å². The van der Waals surface area contributed by atoms with Crippen molar-refractivity contribution in [2.24, 2.45) is 0 Å². The van der Waals surface area contributed by atoms with Gasteiger partial charge in [0.25, 0.3) is 0 Å². The molecule has 0 heterocycles. The van der Waals surface area contributed by atoms with Crippen molar-refractivity contribution in [1.82, 2.24) is 0 Å². The standard InChI is InChI=1S/C23H29.C15H8Cl6.C5H5.2ClH.Zr/c1-14-9-16-11-17-10-15(2)21(23(6,7)8)13-19(17)18(16)12-20(14)22(3,4)5;16-14(17,18)12-5-1-10(2-6-12)9-11-3-7-13(8-4-11)15(19,20)21;1-2-4-5-3-1;;;/h9,12-13H,11H2,1-8H3;1-8H;1-5H;2*1H;/q-1;;-1;;;+2. The summed E-state index contributed by atoms with van der Waals surface area (Å²) in [5, 5.41) is 0. The zero-order valence-corrected chi connectivity index (χ0v) is 39.2. The van der Waals surface area contributed by atoms with E-state index in [1.54, 1.807) is 0 Å². The minimum absolute atomic E-state index is 0. The summed E-state index contributed by atoms with van der Waals surface area (Å²) in [7, 11) is 0. The molecule has 0 aliphatic heterocycles. The van der Waals surface area contributed by atoms with Gasteiger partial charge in [-0.05, 0) is 35.4 Å². The molecule has 0 unspecified atom stereocenters. The first kappa shape index (κ1) is 47.5. The van der Waals surface area contributed by atoms with E-state index in [4.69, 9.17) is 69.6 Å². The number of hydrogen-bond donors (Lipinski definition) is 0. The van der Waals surface area contributed by atoms with E-state index >= 15 is 0 Å². The maximum Gasteiger partial charge on any atom is -0.172 e. The molecule has 5 aromatic carbocycles. The Morgan fingerprint density at radius 2 is 1.06 bits per heavy atom. The van der Waals surface area contributed by atoms with Crippen LogP contribution in [0.3, 0.4) is 0 Å². The number of alkyl halides is 6. The van der Waals surface area contributed by atoms with Crippen molar-refractivity contribution >= 4 is 97.6 Å². The van der Waals surface area contributed by atoms with Gasteiger partial charge in [-0.15, -0.1) is 41.5 Å². The zero-order valence-electron chi connectivity index (χ0n) is 30.5. The Kier molecular flexibility index (Phi) is 17.3. The normalized spacial score (nSPS) is 12.2. The van der Waals surface area contributed by atoms with E-state index in [1.165, 1.54) is 71.9 Å². The molecule has 0 nitrogen and oxygen atoms in total. The van der Waals surface area contributed by atoms with Crippen LogP contribution in [0.5, 0.6) is 0 Å². The van der Waals surface area contributed by atoms with Gasteiger partial charge >= 0.3 is 175 Å². The van der Waals surface area contributed by atoms with Gasteiger partial charge in [0.1, 0.15) is 0 Å². The second-order valence-corrected chi connectivity index (χ2v) is 20.5. The first-order valence-corrected chi connectivity index (χ1v) is 19.9. The van der Waals surface area contributed by atoms with Crippen LogP contribution in [0.4, 0.5) is 0 Å². The Balaban J connectivity index is 0.000000307. The van der Waals surface area contributed by atoms with Crippen molar-refractivity contribution in [3.8, 4) is 11.1 Å². The van der Waals surface area contributed by atoms with Crippen LogP contribution in [0, 0.1) is 19.9 Å². The molecule has 6 rings (SSSR count). The summed E-state index contributed by atoms with van der Waals surface area (Å²) in [6, 6.07) is 35.9. The van der Waals surface area contributed by atoms with E-state index < -0.39 is 7.59 Å². The molecule has 0 amide bonds. The van der Waals surface area contributed by atoms with Crippen molar-refractivity contribution < 1.29 is 24.2 Å². The first-order valence-electron chi connectivity index (χ1n) is 16.4. The van der Waals surface area contributed by atoms with E-state index in [9.17, 15) is 0 Å². The van der Waals surface area contributed by atoms with Crippen LogP contribution in [0.25, 0.3) is 11.1 Å². The van der Waals surface area contributed by atoms with E-state index in [0.29, 0.717) is 11.1 Å². The van der Waals surface area contributed by atoms with Gasteiger partial charge in [0.05, 0.1) is 0 Å². The molecule has 1 aliphatic rings. The van der Waals surface area contributed by atoms with Crippen LogP contribution in [0.1, 0.15) is 97.2 Å². The van der Waals surface area contributed by atoms with Gasteiger partial charge in [0.15, 0.2) is 0 Å². The molecule has 9 heteroatoms. The van der Waals surface area contributed by atoms with Crippen molar-refractivity contribution in [1.29, 1.82) is 0 Å². The average Bonchev–Trinajstić information content (AvgIpc) is 3.70. The maximum atomic E-state index is 5.86. The SMILES string of the molecule is Cc1[c-]c2c(cc1C(C)(C)C)-c1cc(C(C)(C)C)c(C)cc1C2.Cl.Cl.ClC(Cl)(Cl)c1ccc([C](=[Zr+2])c2ccc(C(Cl)(Cl)Cl)cc2)cc1.c1cc[cH-]c1. The number of fused-ring (bicyclic) bond motifs is 3. The Morgan fingerprint density at radius 1 is 0.635 bits per heavy atom. The summed E-state index contributed by atoms with van der Waals surface area (Å²) < 4.78 is -1.66. The zero-order chi connectivity index (χ0) is 37.2. The topological polar surface area (TPSA) is 0 Å². The van der Waals surface area contributed by atoms with Gasteiger partial charge in [0, 0.05) is 0 Å². The van der Waals surface area contributed by atoms with Crippen LogP contribution in [0.2, 0.25) is 0 Å². The van der Waals surface area contributed by atoms with E-state index in [2.05, 4.69) is 79.7 Å². The Bertz CT molecular complexity index is 1770. The third kappa shape index (κ3) is 12.4. The minimum atomic E-state index is -1.41. The predicted molar refractivity (Wildman–Crippen MR) is 231 cm³/mol. The molecule has 0 spiro atoms. The molecule has 52 heavy (non-hydrogen) atoms. The summed E-state index contributed by atoms with van der Waals surface area (Å²) in [6.45, 7) is 18.2. The molecule has 276 valence electrons. The van der Waals surface area contributed by atoms with Crippen LogP contribution in [-0.4, -0.2) is 3.21 Å². The van der Waals surface area contributed by atoms with Crippen molar-refractivity contribution in [3.05, 3.63) is 159 Å². The molecule has 0 N–H and O–H groups in total. The molecular weight excluding hydrogens is 891 g/mol. The molecule has 0 bridgehead atoms. The average molecular weight is 936 g/mol. The van der Waals surface area contributed by atoms with Gasteiger partial charge in [-0.25, -0.2) is 12.1 Å². The molecule has 0 radical (unpaired) electrons. The van der Waals surface area contributed by atoms with Crippen LogP contribution < -0.4 is 0 Å². The van der Waals surface area contributed by atoms with E-state index in [-0.39, 0.29) is 35.6 Å². The Hall–Kier alpha value is -0.697. The summed E-state index contributed by atoms with van der Waals surface area (Å²) in [5.74, 6) is 0. The Labute approximate surface area is 368 Å². The fourth-order valence-corrected chi connectivity index (χ4v) is 7.74. The summed E-state index contributed by atoms with van der Waals surface area (Å²) >= 11 is 36.4. The number of hydrogen-bond acceptors (Lipinski definition) is 0. The molecule has 0 aromatic heterocycles. The summed E-state index contributed by atoms with van der Waals surface area (Å²) in [6.07, 6.45) is 1.03. The Morgan fingerprint density at radius 3 is 1.42 bits per heavy atom. The smallest absolute Gasteiger partial charge is 0.172 e. The van der Waals surface area contributed by atoms with Crippen molar-refractivity contribution in [3.63, 3.8) is 0 Å². The fourth-order valence-electron chi connectivity index (χ4n) is 6.16. The monoisotopic (exact) mass is 930 g/mol. The fraction of sp³-hybridized carbons (Fsp3) is 0.302. The quantitative estimate of drug-likeness (QED) is 0.120. The van der Waals surface area contributed by atoms with Gasteiger partial charge in [-0.1, -0.05) is 71.6 Å². The second kappa shape index (κ2) is 19.0. The van der Waals surface area contributed by atoms with E-state index in [1.807, 2.05) is 78.9 Å². The van der Waals surface area contributed by atoms with E-state index in [0.717, 1.165) is 17.5 Å². The number of halogens is 8. The third-order valence-electron chi connectivity index (χ3n) is 8.64.